The van der Waals surface area contributed by atoms with Crippen LogP contribution in [0, 0.1) is 0 Å². The Labute approximate surface area is 118 Å². The van der Waals surface area contributed by atoms with Crippen molar-refractivity contribution in [2.75, 3.05) is 31.6 Å². The van der Waals surface area contributed by atoms with E-state index in [9.17, 15) is 4.79 Å². The topological polar surface area (TPSA) is 66.5 Å². The predicted molar refractivity (Wildman–Crippen MR) is 75.6 cm³/mol. The van der Waals surface area contributed by atoms with Crippen molar-refractivity contribution in [3.05, 3.63) is 24.5 Å². The lowest BCUT2D eigenvalue weighted by molar-refractivity contribution is -0.0456. The highest BCUT2D eigenvalue weighted by Crippen LogP contribution is 2.22. The van der Waals surface area contributed by atoms with E-state index in [1.807, 2.05) is 0 Å². The third-order valence-electron chi connectivity index (χ3n) is 3.87. The number of carbonyl (C=O) groups is 1. The lowest BCUT2D eigenvalue weighted by atomic mass is 10.2. The fourth-order valence-electron chi connectivity index (χ4n) is 2.83. The number of hydrogen-bond donors (Lipinski definition) is 2. The summed E-state index contributed by atoms with van der Waals surface area (Å²) >= 11 is 0. The van der Waals surface area contributed by atoms with Crippen molar-refractivity contribution in [2.24, 2.45) is 0 Å². The molecule has 2 atom stereocenters. The smallest absolute Gasteiger partial charge is 0.319 e. The van der Waals surface area contributed by atoms with Crippen LogP contribution in [0.15, 0.2) is 24.5 Å². The number of morpholine rings is 1. The van der Waals surface area contributed by atoms with Gasteiger partial charge in [-0.1, -0.05) is 0 Å². The van der Waals surface area contributed by atoms with Gasteiger partial charge < -0.3 is 15.4 Å². The van der Waals surface area contributed by atoms with Gasteiger partial charge in [-0.3, -0.25) is 9.88 Å². The Morgan fingerprint density at radius 3 is 3.35 bits per heavy atom. The van der Waals surface area contributed by atoms with Gasteiger partial charge in [-0.2, -0.15) is 0 Å². The lowest BCUT2D eigenvalue weighted by Gasteiger charge is -2.35. The van der Waals surface area contributed by atoms with E-state index >= 15 is 0 Å². The van der Waals surface area contributed by atoms with Crippen molar-refractivity contribution in [3.8, 4) is 0 Å². The van der Waals surface area contributed by atoms with E-state index < -0.39 is 0 Å². The molecule has 2 saturated heterocycles. The Morgan fingerprint density at radius 2 is 2.50 bits per heavy atom. The number of ether oxygens (including phenoxy) is 1. The minimum absolute atomic E-state index is 0.0870. The number of nitrogens with one attached hydrogen (secondary N) is 2. The van der Waals surface area contributed by atoms with E-state index in [-0.39, 0.29) is 12.1 Å². The minimum Gasteiger partial charge on any atom is -0.373 e. The molecule has 108 valence electrons. The van der Waals surface area contributed by atoms with E-state index in [1.54, 1.807) is 24.5 Å². The summed E-state index contributed by atoms with van der Waals surface area (Å²) in [5, 5.41) is 5.60. The van der Waals surface area contributed by atoms with Crippen LogP contribution in [0.3, 0.4) is 0 Å². The third-order valence-corrected chi connectivity index (χ3v) is 3.87. The van der Waals surface area contributed by atoms with E-state index in [0.29, 0.717) is 18.3 Å². The minimum atomic E-state index is -0.217. The number of rotatable bonds is 3. The number of anilines is 1. The predicted octanol–water partition coefficient (Wildman–Crippen LogP) is 1.07. The van der Waals surface area contributed by atoms with Gasteiger partial charge in [0.05, 0.1) is 24.6 Å². The molecule has 0 radical (unpaired) electrons. The van der Waals surface area contributed by atoms with Crippen molar-refractivity contribution < 1.29 is 9.53 Å². The fraction of sp³-hybridized carbons (Fsp3) is 0.571. The average Bonchev–Trinajstić information content (AvgIpc) is 2.93. The maximum atomic E-state index is 11.8. The van der Waals surface area contributed by atoms with Crippen molar-refractivity contribution in [2.45, 2.75) is 25.0 Å². The van der Waals surface area contributed by atoms with Gasteiger partial charge in [0.15, 0.2) is 0 Å². The molecule has 6 heteroatoms. The largest absolute Gasteiger partial charge is 0.373 e. The third kappa shape index (κ3) is 3.26. The highest BCUT2D eigenvalue weighted by atomic mass is 16.5. The van der Waals surface area contributed by atoms with Gasteiger partial charge in [0.1, 0.15) is 0 Å². The summed E-state index contributed by atoms with van der Waals surface area (Å²) in [6.07, 6.45) is 5.87. The summed E-state index contributed by atoms with van der Waals surface area (Å²) in [5.74, 6) is 0. The second-order valence-corrected chi connectivity index (χ2v) is 5.32. The zero-order valence-corrected chi connectivity index (χ0v) is 11.4. The number of hydrogen-bond acceptors (Lipinski definition) is 4. The normalized spacial score (nSPS) is 26.0. The zero-order valence-electron chi connectivity index (χ0n) is 11.4. The Bertz CT molecular complexity index is 454. The van der Waals surface area contributed by atoms with Gasteiger partial charge in [0, 0.05) is 25.3 Å². The molecule has 2 aliphatic heterocycles. The van der Waals surface area contributed by atoms with Crippen molar-refractivity contribution in [3.63, 3.8) is 0 Å². The Morgan fingerprint density at radius 1 is 1.55 bits per heavy atom. The van der Waals surface area contributed by atoms with Gasteiger partial charge in [-0.25, -0.2) is 4.79 Å². The maximum absolute atomic E-state index is 11.8. The number of amides is 2. The Kier molecular flexibility index (Phi) is 4.13. The Balaban J connectivity index is 1.42. The highest BCUT2D eigenvalue weighted by Gasteiger charge is 2.32. The van der Waals surface area contributed by atoms with Crippen LogP contribution < -0.4 is 10.6 Å². The quantitative estimate of drug-likeness (QED) is 0.866. The second kappa shape index (κ2) is 6.19. The van der Waals surface area contributed by atoms with E-state index in [4.69, 9.17) is 4.74 Å². The molecule has 6 nitrogen and oxygen atoms in total. The van der Waals surface area contributed by atoms with Gasteiger partial charge in [0.2, 0.25) is 0 Å². The molecule has 0 aliphatic carbocycles. The van der Waals surface area contributed by atoms with Gasteiger partial charge in [-0.15, -0.1) is 0 Å². The van der Waals surface area contributed by atoms with Crippen LogP contribution in [-0.4, -0.2) is 54.3 Å². The van der Waals surface area contributed by atoms with Crippen LogP contribution in [0.25, 0.3) is 0 Å². The van der Waals surface area contributed by atoms with Crippen LogP contribution in [0.1, 0.15) is 12.8 Å². The molecular weight excluding hydrogens is 256 g/mol. The molecule has 20 heavy (non-hydrogen) atoms. The summed E-state index contributed by atoms with van der Waals surface area (Å²) in [6.45, 7) is 3.40. The maximum Gasteiger partial charge on any atom is 0.319 e. The summed E-state index contributed by atoms with van der Waals surface area (Å²) in [5.41, 5.74) is 0.689. The first-order chi connectivity index (χ1) is 9.81. The monoisotopic (exact) mass is 276 g/mol. The van der Waals surface area contributed by atoms with Crippen molar-refractivity contribution in [1.29, 1.82) is 0 Å². The van der Waals surface area contributed by atoms with Gasteiger partial charge in [0.25, 0.3) is 0 Å². The summed E-state index contributed by atoms with van der Waals surface area (Å²) in [4.78, 5) is 18.2. The van der Waals surface area contributed by atoms with Crippen LogP contribution >= 0.6 is 0 Å². The first-order valence-corrected chi connectivity index (χ1v) is 7.12. The molecule has 2 N–H and O–H groups in total. The molecular formula is C14H20N4O2. The fourth-order valence-corrected chi connectivity index (χ4v) is 2.83. The molecule has 0 bridgehead atoms. The van der Waals surface area contributed by atoms with Gasteiger partial charge in [-0.05, 0) is 31.5 Å². The summed E-state index contributed by atoms with van der Waals surface area (Å²) in [6, 6.07) is 3.96. The summed E-state index contributed by atoms with van der Waals surface area (Å²) in [7, 11) is 0. The number of aromatic nitrogens is 1. The first-order valence-electron chi connectivity index (χ1n) is 7.12. The van der Waals surface area contributed by atoms with Gasteiger partial charge >= 0.3 is 6.03 Å². The second-order valence-electron chi connectivity index (χ2n) is 5.32. The summed E-state index contributed by atoms with van der Waals surface area (Å²) < 4.78 is 5.80. The molecule has 3 rings (SSSR count). The number of fused-ring (bicyclic) bond motifs is 1. The number of carbonyl (C=O) groups excluding carboxylic acids is 1. The van der Waals surface area contributed by atoms with Crippen LogP contribution in [0.5, 0.6) is 0 Å². The van der Waals surface area contributed by atoms with Crippen LogP contribution in [-0.2, 0) is 4.74 Å². The molecule has 2 amide bonds. The number of urea groups is 1. The molecule has 0 spiro atoms. The molecule has 2 fully saturated rings. The van der Waals surface area contributed by atoms with Crippen molar-refractivity contribution >= 4 is 11.7 Å². The first kappa shape index (κ1) is 13.3. The van der Waals surface area contributed by atoms with Crippen molar-refractivity contribution in [1.82, 2.24) is 15.2 Å². The molecule has 1 aromatic rings. The standard InChI is InChI=1S/C14H20N4O2/c19-14(17-11-3-1-5-15-7-11)16-8-13-9-18-6-2-4-12(18)10-20-13/h1,3,5,7,12-13H,2,4,6,8-10H2,(H2,16,17,19)/t12-,13+/m1/s1. The Hall–Kier alpha value is -1.66. The molecule has 0 aromatic carbocycles. The van der Waals surface area contributed by atoms with E-state index in [1.165, 1.54) is 12.8 Å². The lowest BCUT2D eigenvalue weighted by Crippen LogP contribution is -2.50. The SMILES string of the molecule is O=C(NC[C@H]1CN2CCC[C@@H]2CO1)Nc1cccnc1. The van der Waals surface area contributed by atoms with E-state index in [0.717, 1.165) is 19.7 Å². The molecule has 0 saturated carbocycles. The average molecular weight is 276 g/mol. The number of pyridine rings is 1. The van der Waals surface area contributed by atoms with Crippen LogP contribution in [0.4, 0.5) is 10.5 Å². The molecule has 3 heterocycles. The van der Waals surface area contributed by atoms with E-state index in [2.05, 4.69) is 20.5 Å². The molecule has 0 unspecified atom stereocenters. The molecule has 1 aromatic heterocycles. The van der Waals surface area contributed by atoms with Crippen LogP contribution in [0.2, 0.25) is 0 Å². The zero-order chi connectivity index (χ0) is 13.8. The highest BCUT2D eigenvalue weighted by molar-refractivity contribution is 5.88. The number of nitrogens with zero attached hydrogens (tertiary/aromatic N) is 2. The molecule has 2 aliphatic rings.